The Morgan fingerprint density at radius 1 is 1.53 bits per heavy atom. The van der Waals surface area contributed by atoms with Crippen molar-refractivity contribution in [3.05, 3.63) is 35.8 Å². The van der Waals surface area contributed by atoms with Crippen molar-refractivity contribution < 1.29 is 5.11 Å². The highest BCUT2D eigenvalue weighted by Gasteiger charge is 2.05. The molecular weight excluding hydrogens is 232 g/mol. The van der Waals surface area contributed by atoms with Crippen molar-refractivity contribution in [2.45, 2.75) is 19.6 Å². The monoisotopic (exact) mass is 250 g/mol. The summed E-state index contributed by atoms with van der Waals surface area (Å²) >= 11 is 1.82. The zero-order chi connectivity index (χ0) is 12.3. The molecule has 0 fully saturated rings. The van der Waals surface area contributed by atoms with E-state index in [-0.39, 0.29) is 6.61 Å². The number of pyridine rings is 1. The molecule has 4 heteroatoms. The maximum Gasteiger partial charge on any atom is 0.139 e. The van der Waals surface area contributed by atoms with Crippen LogP contribution in [0.1, 0.15) is 18.2 Å². The number of nitrogens with zero attached hydrogens (tertiary/aromatic N) is 2. The quantitative estimate of drug-likeness (QED) is 0.886. The van der Waals surface area contributed by atoms with Gasteiger partial charge in [-0.25, -0.2) is 4.98 Å². The second kappa shape index (κ2) is 5.56. The third-order valence-electron chi connectivity index (χ3n) is 2.69. The Hall–Kier alpha value is -1.00. The molecule has 0 saturated carbocycles. The highest BCUT2D eigenvalue weighted by Crippen LogP contribution is 2.17. The molecule has 0 saturated heterocycles. The average molecular weight is 250 g/mol. The van der Waals surface area contributed by atoms with Crippen molar-refractivity contribution in [1.82, 2.24) is 9.38 Å². The molecule has 2 heterocycles. The fraction of sp³-hybridized carbons (Fsp3) is 0.462. The summed E-state index contributed by atoms with van der Waals surface area (Å²) in [6.45, 7) is 4.39. The highest BCUT2D eigenvalue weighted by molar-refractivity contribution is 7.98. The molecule has 17 heavy (non-hydrogen) atoms. The molecule has 1 unspecified atom stereocenters. The highest BCUT2D eigenvalue weighted by atomic mass is 32.2. The number of fused-ring (bicyclic) bond motifs is 1. The molecule has 0 aliphatic heterocycles. The molecule has 0 radical (unpaired) electrons. The topological polar surface area (TPSA) is 37.5 Å². The van der Waals surface area contributed by atoms with E-state index in [0.29, 0.717) is 5.92 Å². The first-order valence-electron chi connectivity index (χ1n) is 5.82. The number of aliphatic hydroxyl groups is 1. The van der Waals surface area contributed by atoms with Crippen molar-refractivity contribution in [2.24, 2.45) is 5.92 Å². The molecule has 0 aliphatic rings. The average Bonchev–Trinajstić information content (AvgIpc) is 2.73. The van der Waals surface area contributed by atoms with Gasteiger partial charge in [-0.15, -0.1) is 0 Å². The van der Waals surface area contributed by atoms with Crippen LogP contribution in [0.2, 0.25) is 0 Å². The van der Waals surface area contributed by atoms with Crippen LogP contribution in [0.3, 0.4) is 0 Å². The number of aryl methyl sites for hydroxylation is 1. The van der Waals surface area contributed by atoms with Gasteiger partial charge < -0.3 is 9.51 Å². The molecule has 2 rings (SSSR count). The third-order valence-corrected chi connectivity index (χ3v) is 4.00. The Morgan fingerprint density at radius 3 is 3.06 bits per heavy atom. The van der Waals surface area contributed by atoms with Crippen molar-refractivity contribution in [1.29, 1.82) is 0 Å². The normalized spacial score (nSPS) is 13.1. The number of aromatic nitrogens is 2. The van der Waals surface area contributed by atoms with Crippen LogP contribution in [0.4, 0.5) is 0 Å². The van der Waals surface area contributed by atoms with E-state index in [1.807, 2.05) is 24.0 Å². The van der Waals surface area contributed by atoms with Crippen LogP contribution in [0, 0.1) is 12.8 Å². The molecule has 0 bridgehead atoms. The molecule has 2 aromatic rings. The van der Waals surface area contributed by atoms with Crippen LogP contribution in [0.15, 0.2) is 24.5 Å². The smallest absolute Gasteiger partial charge is 0.139 e. The summed E-state index contributed by atoms with van der Waals surface area (Å²) in [7, 11) is 0. The first-order valence-corrected chi connectivity index (χ1v) is 6.98. The van der Waals surface area contributed by atoms with Crippen LogP contribution >= 0.6 is 11.8 Å². The standard InChI is InChI=1S/C13H18N2OS/c1-10(7-16)8-17-9-12-6-15-5-3-4-11(2)13(15)14-12/h3-6,10,16H,7-9H2,1-2H3. The summed E-state index contributed by atoms with van der Waals surface area (Å²) in [6.07, 6.45) is 4.11. The lowest BCUT2D eigenvalue weighted by molar-refractivity contribution is 0.250. The summed E-state index contributed by atoms with van der Waals surface area (Å²) in [5.74, 6) is 2.24. The molecule has 92 valence electrons. The summed E-state index contributed by atoms with van der Waals surface area (Å²) in [6, 6.07) is 4.11. The molecule has 0 aliphatic carbocycles. The molecule has 0 amide bonds. The minimum Gasteiger partial charge on any atom is -0.396 e. The second-order valence-electron chi connectivity index (χ2n) is 4.46. The SMILES string of the molecule is Cc1cccn2cc(CSCC(C)CO)nc12. The summed E-state index contributed by atoms with van der Waals surface area (Å²) in [4.78, 5) is 4.61. The summed E-state index contributed by atoms with van der Waals surface area (Å²) < 4.78 is 2.07. The lowest BCUT2D eigenvalue weighted by atomic mass is 10.2. The Kier molecular flexibility index (Phi) is 4.07. The molecule has 1 N–H and O–H groups in total. The zero-order valence-electron chi connectivity index (χ0n) is 10.3. The van der Waals surface area contributed by atoms with E-state index < -0.39 is 0 Å². The van der Waals surface area contributed by atoms with E-state index in [9.17, 15) is 0 Å². The van der Waals surface area contributed by atoms with E-state index in [1.165, 1.54) is 5.56 Å². The lowest BCUT2D eigenvalue weighted by Crippen LogP contribution is -2.03. The van der Waals surface area contributed by atoms with E-state index >= 15 is 0 Å². The lowest BCUT2D eigenvalue weighted by Gasteiger charge is -2.05. The van der Waals surface area contributed by atoms with Crippen LogP contribution in [0.25, 0.3) is 5.65 Å². The van der Waals surface area contributed by atoms with Gasteiger partial charge in [-0.2, -0.15) is 11.8 Å². The Morgan fingerprint density at radius 2 is 2.35 bits per heavy atom. The van der Waals surface area contributed by atoms with Gasteiger partial charge in [0.2, 0.25) is 0 Å². The minimum absolute atomic E-state index is 0.261. The zero-order valence-corrected chi connectivity index (χ0v) is 11.1. The van der Waals surface area contributed by atoms with E-state index in [1.54, 1.807) is 0 Å². The molecule has 0 aromatic carbocycles. The molecule has 1 atom stereocenters. The van der Waals surface area contributed by atoms with E-state index in [4.69, 9.17) is 5.11 Å². The van der Waals surface area contributed by atoms with Gasteiger partial charge in [-0.05, 0) is 30.2 Å². The van der Waals surface area contributed by atoms with Crippen molar-refractivity contribution in [3.63, 3.8) is 0 Å². The third kappa shape index (κ3) is 3.01. The predicted octanol–water partition coefficient (Wildman–Crippen LogP) is 2.50. The van der Waals surface area contributed by atoms with Gasteiger partial charge in [0.15, 0.2) is 0 Å². The van der Waals surface area contributed by atoms with Gasteiger partial charge in [0, 0.05) is 24.8 Å². The molecule has 3 nitrogen and oxygen atoms in total. The summed E-state index contributed by atoms with van der Waals surface area (Å²) in [5, 5.41) is 8.95. The van der Waals surface area contributed by atoms with Crippen molar-refractivity contribution in [3.8, 4) is 0 Å². The van der Waals surface area contributed by atoms with Crippen LogP contribution in [-0.2, 0) is 5.75 Å². The maximum atomic E-state index is 8.95. The Balaban J connectivity index is 2.02. The van der Waals surface area contributed by atoms with Crippen LogP contribution in [0.5, 0.6) is 0 Å². The minimum atomic E-state index is 0.261. The number of imidazole rings is 1. The summed E-state index contributed by atoms with van der Waals surface area (Å²) in [5.41, 5.74) is 3.35. The maximum absolute atomic E-state index is 8.95. The second-order valence-corrected chi connectivity index (χ2v) is 5.49. The van der Waals surface area contributed by atoms with Crippen molar-refractivity contribution in [2.75, 3.05) is 12.4 Å². The fourth-order valence-electron chi connectivity index (χ4n) is 1.69. The first kappa shape index (κ1) is 12.5. The number of hydrogen-bond acceptors (Lipinski definition) is 3. The van der Waals surface area contributed by atoms with Crippen LogP contribution in [-0.4, -0.2) is 26.9 Å². The van der Waals surface area contributed by atoms with Gasteiger partial charge >= 0.3 is 0 Å². The molecule has 2 aromatic heterocycles. The van der Waals surface area contributed by atoms with E-state index in [2.05, 4.69) is 35.5 Å². The van der Waals surface area contributed by atoms with Gasteiger partial charge in [0.25, 0.3) is 0 Å². The molecular formula is C13H18N2OS. The number of thioether (sulfide) groups is 1. The first-order chi connectivity index (χ1) is 8.20. The fourth-order valence-corrected chi connectivity index (χ4v) is 2.67. The van der Waals surface area contributed by atoms with Crippen molar-refractivity contribution >= 4 is 17.4 Å². The Bertz CT molecular complexity index is 495. The van der Waals surface area contributed by atoms with Gasteiger partial charge in [-0.1, -0.05) is 13.0 Å². The number of aliphatic hydroxyl groups excluding tert-OH is 1. The predicted molar refractivity (Wildman–Crippen MR) is 72.3 cm³/mol. The van der Waals surface area contributed by atoms with Crippen LogP contribution < -0.4 is 0 Å². The van der Waals surface area contributed by atoms with Gasteiger partial charge in [0.05, 0.1) is 5.69 Å². The number of rotatable bonds is 5. The Labute approximate surface area is 106 Å². The van der Waals surface area contributed by atoms with Gasteiger partial charge in [-0.3, -0.25) is 0 Å². The van der Waals surface area contributed by atoms with E-state index in [0.717, 1.165) is 22.8 Å². The largest absolute Gasteiger partial charge is 0.396 e. The van der Waals surface area contributed by atoms with Gasteiger partial charge in [0.1, 0.15) is 5.65 Å². The number of hydrogen-bond donors (Lipinski definition) is 1. The molecule has 0 spiro atoms.